The molecule has 2 aromatic heterocycles. The van der Waals surface area contributed by atoms with Gasteiger partial charge in [0, 0.05) is 31.4 Å². The highest BCUT2D eigenvalue weighted by atomic mass is 16.5. The summed E-state index contributed by atoms with van der Waals surface area (Å²) in [6.45, 7) is 0.477. The first kappa shape index (κ1) is 15.5. The van der Waals surface area contributed by atoms with Crippen LogP contribution in [-0.4, -0.2) is 33.7 Å². The fourth-order valence-electron chi connectivity index (χ4n) is 2.73. The number of amides is 2. The molecule has 1 aliphatic rings. The lowest BCUT2D eigenvalue weighted by atomic mass is 9.96. The summed E-state index contributed by atoms with van der Waals surface area (Å²) in [7, 11) is 0. The largest absolute Gasteiger partial charge is 0.338 e. The van der Waals surface area contributed by atoms with E-state index in [4.69, 9.17) is 4.52 Å². The summed E-state index contributed by atoms with van der Waals surface area (Å²) < 4.78 is 5.20. The Kier molecular flexibility index (Phi) is 5.18. The highest BCUT2D eigenvalue weighted by Crippen LogP contribution is 2.17. The number of nitrogens with zero attached hydrogens (tertiary/aromatic N) is 3. The number of carbonyl (C=O) groups excluding carboxylic acids is 1. The molecule has 2 amide bonds. The quantitative estimate of drug-likeness (QED) is 0.883. The molecule has 1 fully saturated rings. The number of nitrogens with one attached hydrogen (secondary N) is 2. The number of aromatic nitrogens is 3. The minimum atomic E-state index is -0.118. The van der Waals surface area contributed by atoms with E-state index in [9.17, 15) is 4.79 Å². The molecule has 2 N–H and O–H groups in total. The molecule has 0 bridgehead atoms. The molecule has 0 saturated heterocycles. The maximum Gasteiger partial charge on any atom is 0.315 e. The van der Waals surface area contributed by atoms with Crippen LogP contribution < -0.4 is 10.6 Å². The van der Waals surface area contributed by atoms with Crippen LogP contribution in [0.1, 0.15) is 37.9 Å². The molecular weight excluding hydrogens is 294 g/mol. The van der Waals surface area contributed by atoms with Crippen LogP contribution in [0.3, 0.4) is 0 Å². The normalized spacial score (nSPS) is 15.3. The number of hydrogen-bond donors (Lipinski definition) is 2. The van der Waals surface area contributed by atoms with Crippen LogP contribution in [-0.2, 0) is 6.42 Å². The van der Waals surface area contributed by atoms with Crippen LogP contribution >= 0.6 is 0 Å². The zero-order valence-electron chi connectivity index (χ0n) is 13.0. The van der Waals surface area contributed by atoms with E-state index in [1.807, 2.05) is 12.1 Å². The van der Waals surface area contributed by atoms with Crippen molar-refractivity contribution < 1.29 is 9.32 Å². The summed E-state index contributed by atoms with van der Waals surface area (Å²) in [5, 5.41) is 9.78. The van der Waals surface area contributed by atoms with Crippen molar-refractivity contribution in [3.05, 3.63) is 30.4 Å². The molecule has 0 aliphatic heterocycles. The Hall–Kier alpha value is -2.44. The first-order chi connectivity index (χ1) is 11.3. The number of rotatable bonds is 5. The Bertz CT molecular complexity index is 622. The van der Waals surface area contributed by atoms with E-state index in [1.165, 1.54) is 19.3 Å². The predicted octanol–water partition coefficient (Wildman–Crippen LogP) is 2.31. The molecule has 2 heterocycles. The Labute approximate surface area is 134 Å². The minimum absolute atomic E-state index is 0.118. The summed E-state index contributed by atoms with van der Waals surface area (Å²) in [4.78, 5) is 20.2. The summed E-state index contributed by atoms with van der Waals surface area (Å²) in [6, 6.07) is 3.87. The van der Waals surface area contributed by atoms with Crippen molar-refractivity contribution in [2.75, 3.05) is 6.54 Å². The van der Waals surface area contributed by atoms with E-state index in [1.54, 1.807) is 12.4 Å². The van der Waals surface area contributed by atoms with E-state index in [-0.39, 0.29) is 6.03 Å². The van der Waals surface area contributed by atoms with E-state index in [0.717, 1.165) is 18.4 Å². The maximum atomic E-state index is 11.8. The van der Waals surface area contributed by atoms with Gasteiger partial charge in [-0.15, -0.1) is 0 Å². The average molecular weight is 315 g/mol. The molecule has 3 rings (SSSR count). The van der Waals surface area contributed by atoms with Gasteiger partial charge in [0.2, 0.25) is 0 Å². The lowest BCUT2D eigenvalue weighted by Crippen LogP contribution is -2.43. The number of urea groups is 1. The molecule has 1 aliphatic carbocycles. The van der Waals surface area contributed by atoms with Crippen LogP contribution in [0.15, 0.2) is 29.0 Å². The van der Waals surface area contributed by atoms with Gasteiger partial charge in [-0.2, -0.15) is 4.98 Å². The SMILES string of the molecule is O=C(NCCc1noc(-c2cccnc2)n1)NC1CCCCC1. The molecule has 1 saturated carbocycles. The number of carbonyl (C=O) groups is 1. The van der Waals surface area contributed by atoms with Gasteiger partial charge in [-0.1, -0.05) is 24.4 Å². The van der Waals surface area contributed by atoms with Gasteiger partial charge in [0.05, 0.1) is 5.56 Å². The smallest absolute Gasteiger partial charge is 0.315 e. The van der Waals surface area contributed by atoms with E-state index >= 15 is 0 Å². The van der Waals surface area contributed by atoms with E-state index in [0.29, 0.717) is 30.7 Å². The molecule has 7 nitrogen and oxygen atoms in total. The fourth-order valence-corrected chi connectivity index (χ4v) is 2.73. The first-order valence-electron chi connectivity index (χ1n) is 8.08. The zero-order valence-corrected chi connectivity index (χ0v) is 13.0. The summed E-state index contributed by atoms with van der Waals surface area (Å²) in [6.07, 6.45) is 9.72. The summed E-state index contributed by atoms with van der Waals surface area (Å²) in [5.41, 5.74) is 0.786. The lowest BCUT2D eigenvalue weighted by Gasteiger charge is -2.22. The third kappa shape index (κ3) is 4.51. The van der Waals surface area contributed by atoms with E-state index < -0.39 is 0 Å². The van der Waals surface area contributed by atoms with Gasteiger partial charge in [0.1, 0.15) is 0 Å². The molecule has 7 heteroatoms. The van der Waals surface area contributed by atoms with Crippen molar-refractivity contribution in [2.24, 2.45) is 0 Å². The highest BCUT2D eigenvalue weighted by Gasteiger charge is 2.15. The Morgan fingerprint density at radius 1 is 1.30 bits per heavy atom. The molecule has 2 aromatic rings. The van der Waals surface area contributed by atoms with Gasteiger partial charge in [-0.05, 0) is 25.0 Å². The summed E-state index contributed by atoms with van der Waals surface area (Å²) in [5.74, 6) is 1.02. The Morgan fingerprint density at radius 3 is 2.96 bits per heavy atom. The molecule has 0 unspecified atom stereocenters. The monoisotopic (exact) mass is 315 g/mol. The topological polar surface area (TPSA) is 92.9 Å². The second-order valence-corrected chi connectivity index (χ2v) is 5.74. The van der Waals surface area contributed by atoms with Crippen LogP contribution in [0.2, 0.25) is 0 Å². The standard InChI is InChI=1S/C16H21N5O2/c22-16(19-13-6-2-1-3-7-13)18-10-8-14-20-15(23-21-14)12-5-4-9-17-11-12/h4-5,9,11,13H,1-3,6-8,10H2,(H2,18,19,22). The number of hydrogen-bond acceptors (Lipinski definition) is 5. The average Bonchev–Trinajstić information content (AvgIpc) is 3.05. The lowest BCUT2D eigenvalue weighted by molar-refractivity contribution is 0.232. The molecule has 0 radical (unpaired) electrons. The van der Waals surface area contributed by atoms with Crippen LogP contribution in [0.5, 0.6) is 0 Å². The molecule has 0 aromatic carbocycles. The van der Waals surface area contributed by atoms with Gasteiger partial charge < -0.3 is 15.2 Å². The molecule has 0 spiro atoms. The highest BCUT2D eigenvalue weighted by molar-refractivity contribution is 5.74. The zero-order chi connectivity index (χ0) is 15.9. The van der Waals surface area contributed by atoms with Crippen molar-refractivity contribution in [2.45, 2.75) is 44.6 Å². The van der Waals surface area contributed by atoms with Gasteiger partial charge in [-0.25, -0.2) is 4.79 Å². The van der Waals surface area contributed by atoms with Crippen LogP contribution in [0.4, 0.5) is 4.79 Å². The van der Waals surface area contributed by atoms with Crippen molar-refractivity contribution in [3.8, 4) is 11.5 Å². The second-order valence-electron chi connectivity index (χ2n) is 5.74. The molecule has 0 atom stereocenters. The van der Waals surface area contributed by atoms with E-state index in [2.05, 4.69) is 25.8 Å². The maximum absolute atomic E-state index is 11.8. The fraction of sp³-hybridized carbons (Fsp3) is 0.500. The van der Waals surface area contributed by atoms with Gasteiger partial charge >= 0.3 is 6.03 Å². The van der Waals surface area contributed by atoms with Crippen LogP contribution in [0, 0.1) is 0 Å². The Morgan fingerprint density at radius 2 is 2.17 bits per heavy atom. The van der Waals surface area contributed by atoms with Crippen molar-refractivity contribution in [1.82, 2.24) is 25.8 Å². The van der Waals surface area contributed by atoms with Gasteiger partial charge in [-0.3, -0.25) is 4.98 Å². The third-order valence-electron chi connectivity index (χ3n) is 3.95. The Balaban J connectivity index is 1.42. The van der Waals surface area contributed by atoms with Crippen LogP contribution in [0.25, 0.3) is 11.5 Å². The second kappa shape index (κ2) is 7.71. The number of pyridine rings is 1. The molecule has 23 heavy (non-hydrogen) atoms. The van der Waals surface area contributed by atoms with Crippen molar-refractivity contribution >= 4 is 6.03 Å². The first-order valence-corrected chi connectivity index (χ1v) is 8.08. The molecule has 122 valence electrons. The predicted molar refractivity (Wildman–Crippen MR) is 84.6 cm³/mol. The minimum Gasteiger partial charge on any atom is -0.338 e. The van der Waals surface area contributed by atoms with Gasteiger partial charge in [0.15, 0.2) is 5.82 Å². The van der Waals surface area contributed by atoms with Crippen molar-refractivity contribution in [3.63, 3.8) is 0 Å². The summed E-state index contributed by atoms with van der Waals surface area (Å²) >= 11 is 0. The third-order valence-corrected chi connectivity index (χ3v) is 3.95. The molecular formula is C16H21N5O2. The van der Waals surface area contributed by atoms with Gasteiger partial charge in [0.25, 0.3) is 5.89 Å². The van der Waals surface area contributed by atoms with Crippen molar-refractivity contribution in [1.29, 1.82) is 0 Å².